The molecule has 0 radical (unpaired) electrons. The van der Waals surface area contributed by atoms with Crippen LogP contribution in [0.15, 0.2) is 52.9 Å². The molecule has 1 heterocycles. The van der Waals surface area contributed by atoms with Crippen LogP contribution in [0.4, 0.5) is 11.4 Å². The van der Waals surface area contributed by atoms with Gasteiger partial charge in [-0.3, -0.25) is 15.5 Å². The van der Waals surface area contributed by atoms with Crippen LogP contribution in [0.3, 0.4) is 0 Å². The average molecular weight is 377 g/mol. The van der Waals surface area contributed by atoms with E-state index in [9.17, 15) is 15.4 Å². The van der Waals surface area contributed by atoms with Crippen molar-refractivity contribution >= 4 is 28.4 Å². The molecule has 0 atom stereocenters. The molecule has 0 saturated carbocycles. The Morgan fingerprint density at radius 1 is 1.30 bits per heavy atom. The van der Waals surface area contributed by atoms with Crippen LogP contribution in [0.25, 0.3) is 11.3 Å². The Hall–Kier alpha value is -3.57. The minimum Gasteiger partial charge on any atom is -0.277 e. The third kappa shape index (κ3) is 4.16. The van der Waals surface area contributed by atoms with Crippen LogP contribution in [0.5, 0.6) is 0 Å². The van der Waals surface area contributed by atoms with Gasteiger partial charge in [-0.25, -0.2) is 4.98 Å². The lowest BCUT2D eigenvalue weighted by Gasteiger charge is -2.05. The number of anilines is 1. The van der Waals surface area contributed by atoms with E-state index in [1.807, 2.05) is 38.1 Å². The summed E-state index contributed by atoms with van der Waals surface area (Å²) in [7, 11) is 0. The van der Waals surface area contributed by atoms with Gasteiger partial charge in [0.25, 0.3) is 5.69 Å². The van der Waals surface area contributed by atoms with E-state index in [1.165, 1.54) is 23.5 Å². The molecule has 0 aliphatic heterocycles. The van der Waals surface area contributed by atoms with Crippen molar-refractivity contribution in [2.45, 2.75) is 13.8 Å². The van der Waals surface area contributed by atoms with Crippen molar-refractivity contribution in [1.82, 2.24) is 4.98 Å². The first-order chi connectivity index (χ1) is 13.0. The van der Waals surface area contributed by atoms with Gasteiger partial charge in [0.05, 0.1) is 16.3 Å². The smallest absolute Gasteiger partial charge is 0.270 e. The van der Waals surface area contributed by atoms with E-state index >= 15 is 0 Å². The first-order valence-corrected chi connectivity index (χ1v) is 8.87. The highest BCUT2D eigenvalue weighted by Crippen LogP contribution is 2.26. The molecule has 27 heavy (non-hydrogen) atoms. The van der Waals surface area contributed by atoms with Gasteiger partial charge in [-0.15, -0.1) is 11.3 Å². The van der Waals surface area contributed by atoms with Crippen LogP contribution in [-0.2, 0) is 0 Å². The lowest BCUT2D eigenvalue weighted by molar-refractivity contribution is -0.384. The van der Waals surface area contributed by atoms with Crippen molar-refractivity contribution in [3.8, 4) is 17.3 Å². The predicted octanol–water partition coefficient (Wildman–Crippen LogP) is 4.67. The minimum atomic E-state index is -0.452. The van der Waals surface area contributed by atoms with Crippen molar-refractivity contribution in [1.29, 1.82) is 5.26 Å². The number of benzene rings is 2. The van der Waals surface area contributed by atoms with E-state index in [2.05, 4.69) is 15.5 Å². The van der Waals surface area contributed by atoms with Crippen LogP contribution in [0.2, 0.25) is 0 Å². The molecule has 0 unspecified atom stereocenters. The maximum atomic E-state index is 10.9. The Morgan fingerprint density at radius 3 is 2.81 bits per heavy atom. The summed E-state index contributed by atoms with van der Waals surface area (Å²) in [6, 6.07) is 14.1. The molecule has 0 bridgehead atoms. The number of nitro groups is 1. The zero-order valence-electron chi connectivity index (χ0n) is 14.6. The molecule has 0 spiro atoms. The monoisotopic (exact) mass is 377 g/mol. The van der Waals surface area contributed by atoms with Gasteiger partial charge < -0.3 is 0 Å². The van der Waals surface area contributed by atoms with Gasteiger partial charge in [0.1, 0.15) is 6.07 Å². The van der Waals surface area contributed by atoms with Gasteiger partial charge in [0.2, 0.25) is 0 Å². The van der Waals surface area contributed by atoms with Crippen LogP contribution in [0.1, 0.15) is 16.1 Å². The number of rotatable bonds is 5. The Balaban J connectivity index is 1.86. The largest absolute Gasteiger partial charge is 0.277 e. The highest BCUT2D eigenvalue weighted by molar-refractivity contribution is 7.12. The lowest BCUT2D eigenvalue weighted by Crippen LogP contribution is -2.02. The highest BCUT2D eigenvalue weighted by Gasteiger charge is 2.13. The summed E-state index contributed by atoms with van der Waals surface area (Å²) in [5.41, 5.74) is 7.20. The normalized spacial score (nSPS) is 11.1. The Kier molecular flexibility index (Phi) is 5.24. The number of thiazole rings is 1. The van der Waals surface area contributed by atoms with Gasteiger partial charge in [0, 0.05) is 23.1 Å². The Morgan fingerprint density at radius 2 is 2.11 bits per heavy atom. The molecule has 8 heteroatoms. The summed E-state index contributed by atoms with van der Waals surface area (Å²) in [6.07, 6.45) is 0. The number of aryl methyl sites for hydroxylation is 2. The number of nitrogens with one attached hydrogen (secondary N) is 1. The molecule has 2 aromatic carbocycles. The maximum absolute atomic E-state index is 10.9. The van der Waals surface area contributed by atoms with Crippen molar-refractivity contribution < 1.29 is 4.92 Å². The molecule has 1 aromatic heterocycles. The first kappa shape index (κ1) is 18.2. The summed E-state index contributed by atoms with van der Waals surface area (Å²) in [4.78, 5) is 14.9. The number of hydrogen-bond acceptors (Lipinski definition) is 7. The SMILES string of the molecule is Cc1ccc(NN=C(C#N)c2nc(-c3cccc([N+](=O)[O-])c3)cs2)c(C)c1. The van der Waals surface area contributed by atoms with Gasteiger partial charge >= 0.3 is 0 Å². The molecule has 1 N–H and O–H groups in total. The van der Waals surface area contributed by atoms with Gasteiger partial charge in [-0.1, -0.05) is 29.8 Å². The first-order valence-electron chi connectivity index (χ1n) is 7.99. The standard InChI is InChI=1S/C19H15N5O2S/c1-12-6-7-16(13(2)8-12)22-23-17(10-20)19-21-18(11-27-19)14-4-3-5-15(9-14)24(25)26/h3-9,11,22H,1-2H3. The Labute approximate surface area is 159 Å². The van der Waals surface area contributed by atoms with Gasteiger partial charge in [-0.05, 0) is 25.5 Å². The molecule has 3 aromatic rings. The fourth-order valence-corrected chi connectivity index (χ4v) is 3.24. The molecule has 134 valence electrons. The number of hydrazone groups is 1. The summed E-state index contributed by atoms with van der Waals surface area (Å²) < 4.78 is 0. The number of non-ortho nitro benzene ring substituents is 1. The molecule has 0 fully saturated rings. The van der Waals surface area contributed by atoms with Crippen LogP contribution in [-0.4, -0.2) is 15.6 Å². The van der Waals surface area contributed by atoms with Crippen molar-refractivity contribution in [3.63, 3.8) is 0 Å². The minimum absolute atomic E-state index is 0.00673. The fraction of sp³-hybridized carbons (Fsp3) is 0.105. The highest BCUT2D eigenvalue weighted by atomic mass is 32.1. The predicted molar refractivity (Wildman–Crippen MR) is 106 cm³/mol. The van der Waals surface area contributed by atoms with Crippen LogP contribution < -0.4 is 5.43 Å². The molecule has 0 saturated heterocycles. The number of nitrogens with zero attached hydrogens (tertiary/aromatic N) is 4. The number of nitro benzene ring substituents is 1. The third-order valence-electron chi connectivity index (χ3n) is 3.84. The third-order valence-corrected chi connectivity index (χ3v) is 4.68. The summed E-state index contributed by atoms with van der Waals surface area (Å²) in [6.45, 7) is 3.96. The summed E-state index contributed by atoms with van der Waals surface area (Å²) in [5.74, 6) is 0. The zero-order valence-corrected chi connectivity index (χ0v) is 15.4. The fourth-order valence-electron chi connectivity index (χ4n) is 2.47. The lowest BCUT2D eigenvalue weighted by atomic mass is 10.1. The number of nitriles is 1. The molecule has 0 aliphatic carbocycles. The Bertz CT molecular complexity index is 1080. The number of aromatic nitrogens is 1. The second-order valence-electron chi connectivity index (χ2n) is 5.85. The quantitative estimate of drug-likeness (QED) is 0.395. The second-order valence-corrected chi connectivity index (χ2v) is 6.71. The molecule has 3 rings (SSSR count). The van der Waals surface area contributed by atoms with Crippen molar-refractivity contribution in [2.24, 2.45) is 5.10 Å². The number of hydrogen-bond donors (Lipinski definition) is 1. The van der Waals surface area contributed by atoms with Crippen LogP contribution >= 0.6 is 11.3 Å². The average Bonchev–Trinajstić information content (AvgIpc) is 3.14. The summed E-state index contributed by atoms with van der Waals surface area (Å²) >= 11 is 1.26. The van der Waals surface area contributed by atoms with E-state index in [0.717, 1.165) is 16.8 Å². The van der Waals surface area contributed by atoms with Crippen molar-refractivity contribution in [3.05, 3.63) is 74.1 Å². The molecule has 0 amide bonds. The second kappa shape index (κ2) is 7.76. The van der Waals surface area contributed by atoms with E-state index < -0.39 is 4.92 Å². The molecular formula is C19H15N5O2S. The van der Waals surface area contributed by atoms with E-state index in [4.69, 9.17) is 0 Å². The van der Waals surface area contributed by atoms with Gasteiger partial charge in [0.15, 0.2) is 10.7 Å². The maximum Gasteiger partial charge on any atom is 0.270 e. The van der Waals surface area contributed by atoms with Crippen molar-refractivity contribution in [2.75, 3.05) is 5.43 Å². The molecule has 0 aliphatic rings. The van der Waals surface area contributed by atoms with Crippen LogP contribution in [0, 0.1) is 35.3 Å². The van der Waals surface area contributed by atoms with E-state index in [0.29, 0.717) is 16.3 Å². The zero-order chi connectivity index (χ0) is 19.4. The molecular weight excluding hydrogens is 362 g/mol. The summed E-state index contributed by atoms with van der Waals surface area (Å²) in [5, 5.41) is 26.7. The topological polar surface area (TPSA) is 104 Å². The van der Waals surface area contributed by atoms with E-state index in [1.54, 1.807) is 17.5 Å². The van der Waals surface area contributed by atoms with E-state index in [-0.39, 0.29) is 11.4 Å². The molecule has 7 nitrogen and oxygen atoms in total. The van der Waals surface area contributed by atoms with Gasteiger partial charge in [-0.2, -0.15) is 10.4 Å².